The second-order valence-electron chi connectivity index (χ2n) is 6.25. The summed E-state index contributed by atoms with van der Waals surface area (Å²) in [6, 6.07) is 5.60. The van der Waals surface area contributed by atoms with E-state index in [2.05, 4.69) is 20.8 Å². The van der Waals surface area contributed by atoms with Crippen molar-refractivity contribution in [2.75, 3.05) is 6.54 Å². The van der Waals surface area contributed by atoms with E-state index in [1.807, 2.05) is 12.1 Å². The van der Waals surface area contributed by atoms with Crippen molar-refractivity contribution in [3.63, 3.8) is 0 Å². The molecule has 0 amide bonds. The van der Waals surface area contributed by atoms with E-state index in [9.17, 15) is 9.18 Å². The van der Waals surface area contributed by atoms with Crippen LogP contribution in [-0.4, -0.2) is 23.3 Å². The van der Waals surface area contributed by atoms with E-state index in [1.54, 1.807) is 0 Å². The Morgan fingerprint density at radius 2 is 2.10 bits per heavy atom. The lowest BCUT2D eigenvalue weighted by Crippen LogP contribution is -2.40. The van der Waals surface area contributed by atoms with E-state index < -0.39 is 0 Å². The van der Waals surface area contributed by atoms with Crippen LogP contribution in [-0.2, 0) is 11.3 Å². The molecule has 2 atom stereocenters. The van der Waals surface area contributed by atoms with Gasteiger partial charge in [-0.05, 0) is 65.9 Å². The smallest absolute Gasteiger partial charge is 0.137 e. The zero-order chi connectivity index (χ0) is 14.8. The summed E-state index contributed by atoms with van der Waals surface area (Å²) in [7, 11) is 0. The second-order valence-corrected chi connectivity index (χ2v) is 7.10. The first kappa shape index (κ1) is 15.2. The molecule has 1 aliphatic carbocycles. The summed E-state index contributed by atoms with van der Waals surface area (Å²) in [6.45, 7) is 1.86. The van der Waals surface area contributed by atoms with Crippen molar-refractivity contribution in [1.29, 1.82) is 0 Å². The number of carbonyl (C=O) groups is 1. The van der Waals surface area contributed by atoms with Crippen molar-refractivity contribution in [3.8, 4) is 0 Å². The topological polar surface area (TPSA) is 20.3 Å². The molecule has 2 aliphatic rings. The number of benzene rings is 1. The molecule has 1 aromatic carbocycles. The second kappa shape index (κ2) is 6.57. The number of rotatable bonds is 3. The van der Waals surface area contributed by atoms with Crippen LogP contribution in [0.3, 0.4) is 0 Å². The van der Waals surface area contributed by atoms with E-state index in [0.717, 1.165) is 50.8 Å². The molecule has 1 saturated heterocycles. The normalized spacial score (nSPS) is 27.2. The van der Waals surface area contributed by atoms with Gasteiger partial charge in [0.05, 0.1) is 4.47 Å². The highest BCUT2D eigenvalue weighted by molar-refractivity contribution is 9.10. The van der Waals surface area contributed by atoms with Gasteiger partial charge >= 0.3 is 0 Å². The lowest BCUT2D eigenvalue weighted by molar-refractivity contribution is -0.126. The molecule has 0 spiro atoms. The third-order valence-corrected chi connectivity index (χ3v) is 5.46. The number of Topliss-reactive ketones (excluding diaryl/α,β-unsaturated/α-hetero) is 1. The largest absolute Gasteiger partial charge is 0.299 e. The van der Waals surface area contributed by atoms with Crippen molar-refractivity contribution in [3.05, 3.63) is 34.1 Å². The number of hydrogen-bond acceptors (Lipinski definition) is 2. The minimum absolute atomic E-state index is 0.223. The Balaban J connectivity index is 1.71. The molecule has 1 heterocycles. The van der Waals surface area contributed by atoms with Crippen molar-refractivity contribution in [2.45, 2.75) is 51.1 Å². The highest BCUT2D eigenvalue weighted by atomic mass is 79.9. The standard InChI is InChI=1S/C17H21BrFNO/c18-14-10-12(7-8-15(14)19)11-20-9-3-5-16(20)13-4-1-2-6-17(13)21/h7-8,10,13,16H,1-6,9,11H2. The predicted molar refractivity (Wildman–Crippen MR) is 84.5 cm³/mol. The van der Waals surface area contributed by atoms with Gasteiger partial charge in [-0.25, -0.2) is 4.39 Å². The average molecular weight is 354 g/mol. The molecule has 2 fully saturated rings. The van der Waals surface area contributed by atoms with Gasteiger partial charge in [-0.15, -0.1) is 0 Å². The fourth-order valence-corrected chi connectivity index (χ4v) is 4.22. The molecular formula is C17H21BrFNO. The van der Waals surface area contributed by atoms with Crippen molar-refractivity contribution in [1.82, 2.24) is 4.90 Å². The number of likely N-dealkylation sites (tertiary alicyclic amines) is 1. The van der Waals surface area contributed by atoms with Crippen LogP contribution in [0.2, 0.25) is 0 Å². The molecule has 2 unspecified atom stereocenters. The van der Waals surface area contributed by atoms with Crippen LogP contribution in [0, 0.1) is 11.7 Å². The Bertz CT molecular complexity index is 534. The third-order valence-electron chi connectivity index (χ3n) is 4.85. The van der Waals surface area contributed by atoms with Crippen LogP contribution in [0.1, 0.15) is 44.1 Å². The molecule has 0 bridgehead atoms. The molecule has 0 aromatic heterocycles. The van der Waals surface area contributed by atoms with Gasteiger partial charge in [0, 0.05) is 24.9 Å². The fraction of sp³-hybridized carbons (Fsp3) is 0.588. The van der Waals surface area contributed by atoms with Crippen LogP contribution in [0.25, 0.3) is 0 Å². The van der Waals surface area contributed by atoms with Gasteiger partial charge in [0.25, 0.3) is 0 Å². The van der Waals surface area contributed by atoms with Crippen LogP contribution < -0.4 is 0 Å². The van der Waals surface area contributed by atoms with Gasteiger partial charge in [0.2, 0.25) is 0 Å². The van der Waals surface area contributed by atoms with Gasteiger partial charge in [-0.3, -0.25) is 9.69 Å². The van der Waals surface area contributed by atoms with E-state index >= 15 is 0 Å². The number of nitrogens with zero attached hydrogens (tertiary/aromatic N) is 1. The molecule has 114 valence electrons. The summed E-state index contributed by atoms with van der Waals surface area (Å²) >= 11 is 3.25. The first-order valence-corrected chi connectivity index (χ1v) is 8.65. The predicted octanol–water partition coefficient (Wildman–Crippen LogP) is 4.31. The minimum atomic E-state index is -0.223. The van der Waals surface area contributed by atoms with Crippen molar-refractivity contribution >= 4 is 21.7 Å². The highest BCUT2D eigenvalue weighted by Crippen LogP contribution is 2.33. The summed E-state index contributed by atoms with van der Waals surface area (Å²) in [4.78, 5) is 14.6. The van der Waals surface area contributed by atoms with Gasteiger partial charge in [0.15, 0.2) is 0 Å². The molecule has 2 nitrogen and oxygen atoms in total. The molecule has 4 heteroatoms. The number of ketones is 1. The molecule has 1 aliphatic heterocycles. The summed E-state index contributed by atoms with van der Waals surface area (Å²) in [5.74, 6) is 0.461. The quantitative estimate of drug-likeness (QED) is 0.806. The van der Waals surface area contributed by atoms with Crippen LogP contribution in [0.5, 0.6) is 0 Å². The molecule has 0 N–H and O–H groups in total. The lowest BCUT2D eigenvalue weighted by atomic mass is 9.82. The summed E-state index contributed by atoms with van der Waals surface area (Å²) in [5, 5.41) is 0. The first-order chi connectivity index (χ1) is 10.1. The third kappa shape index (κ3) is 3.37. The Labute approximate surface area is 133 Å². The maximum absolute atomic E-state index is 13.3. The average Bonchev–Trinajstić information content (AvgIpc) is 2.91. The molecule has 21 heavy (non-hydrogen) atoms. The number of carbonyl (C=O) groups excluding carboxylic acids is 1. The monoisotopic (exact) mass is 353 g/mol. The Morgan fingerprint density at radius 1 is 1.24 bits per heavy atom. The molecule has 0 radical (unpaired) electrons. The maximum atomic E-state index is 13.3. The van der Waals surface area contributed by atoms with Gasteiger partial charge < -0.3 is 0 Å². The Kier molecular flexibility index (Phi) is 4.75. The molecule has 3 rings (SSSR count). The molecule has 1 saturated carbocycles. The summed E-state index contributed by atoms with van der Waals surface area (Å²) < 4.78 is 13.8. The van der Waals surface area contributed by atoms with Crippen LogP contribution >= 0.6 is 15.9 Å². The van der Waals surface area contributed by atoms with Crippen molar-refractivity contribution < 1.29 is 9.18 Å². The van der Waals surface area contributed by atoms with Gasteiger partial charge in [0.1, 0.15) is 11.6 Å². The lowest BCUT2D eigenvalue weighted by Gasteiger charge is -2.33. The van der Waals surface area contributed by atoms with E-state index in [4.69, 9.17) is 0 Å². The Hall–Kier alpha value is -0.740. The van der Waals surface area contributed by atoms with E-state index in [0.29, 0.717) is 16.3 Å². The highest BCUT2D eigenvalue weighted by Gasteiger charge is 2.36. The molecular weight excluding hydrogens is 333 g/mol. The van der Waals surface area contributed by atoms with Gasteiger partial charge in [-0.2, -0.15) is 0 Å². The van der Waals surface area contributed by atoms with Crippen molar-refractivity contribution in [2.24, 2.45) is 5.92 Å². The van der Waals surface area contributed by atoms with Crippen LogP contribution in [0.15, 0.2) is 22.7 Å². The zero-order valence-electron chi connectivity index (χ0n) is 12.2. The Morgan fingerprint density at radius 3 is 2.86 bits per heavy atom. The maximum Gasteiger partial charge on any atom is 0.137 e. The SMILES string of the molecule is O=C1CCCCC1C1CCCN1Cc1ccc(F)c(Br)c1. The fourth-order valence-electron chi connectivity index (χ4n) is 3.79. The summed E-state index contributed by atoms with van der Waals surface area (Å²) in [5.41, 5.74) is 1.11. The first-order valence-electron chi connectivity index (χ1n) is 7.86. The zero-order valence-corrected chi connectivity index (χ0v) is 13.7. The number of hydrogen-bond donors (Lipinski definition) is 0. The minimum Gasteiger partial charge on any atom is -0.299 e. The van der Waals surface area contributed by atoms with Gasteiger partial charge in [-0.1, -0.05) is 12.5 Å². The molecule has 1 aromatic rings. The summed E-state index contributed by atoms with van der Waals surface area (Å²) in [6.07, 6.45) is 6.34. The van der Waals surface area contributed by atoms with Crippen LogP contribution in [0.4, 0.5) is 4.39 Å². The number of halogens is 2. The van der Waals surface area contributed by atoms with E-state index in [-0.39, 0.29) is 11.7 Å². The van der Waals surface area contributed by atoms with E-state index in [1.165, 1.54) is 12.5 Å².